The number of hydrogen-bond donors (Lipinski definition) is 2. The van der Waals surface area contributed by atoms with Crippen LogP contribution in [0.25, 0.3) is 10.9 Å². The number of likely N-dealkylation sites (N-methyl/N-ethyl adjacent to an activating group) is 1. The van der Waals surface area contributed by atoms with Crippen LogP contribution in [0.2, 0.25) is 5.02 Å². The summed E-state index contributed by atoms with van der Waals surface area (Å²) in [5, 5.41) is 3.63. The maximum absolute atomic E-state index is 13.6. The molecule has 3 aromatic rings. The molecule has 4 rings (SSSR count). The monoisotopic (exact) mass is 530 g/mol. The minimum Gasteiger partial charge on any atom is -0.340 e. The highest BCUT2D eigenvalue weighted by molar-refractivity contribution is 7.92. The number of halogens is 2. The number of nitrogens with one attached hydrogen (secondary N) is 2. The van der Waals surface area contributed by atoms with E-state index in [-0.39, 0.29) is 5.02 Å². The van der Waals surface area contributed by atoms with Gasteiger partial charge in [0.15, 0.2) is 0 Å². The molecule has 11 heteroatoms. The van der Waals surface area contributed by atoms with Crippen molar-refractivity contribution in [3.05, 3.63) is 53.1 Å². The maximum atomic E-state index is 13.6. The number of sulfonamides is 1. The zero-order chi connectivity index (χ0) is 26.1. The summed E-state index contributed by atoms with van der Waals surface area (Å²) in [7, 11) is -1.48. The van der Waals surface area contributed by atoms with Crippen molar-refractivity contribution in [1.82, 2.24) is 19.8 Å². The number of fused-ring (bicyclic) bond motifs is 1. The standard InChI is InChI=1S/C25H28ClFN6O2S/c1-25(2,33-11-9-32(3)10-12-33)8-7-17-13-23-19(15-22(17)31-36(4,34)35)24(29-16-28-23)30-18-5-6-21(27)20(26)14-18/h5-6,13-16,31H,9-12H2,1-4H3,(H,28,29,30). The largest absolute Gasteiger partial charge is 0.340 e. The quantitative estimate of drug-likeness (QED) is 0.483. The van der Waals surface area contributed by atoms with Crippen LogP contribution < -0.4 is 10.0 Å². The molecule has 0 amide bonds. The molecule has 1 aliphatic heterocycles. The summed E-state index contributed by atoms with van der Waals surface area (Å²) >= 11 is 5.91. The molecule has 36 heavy (non-hydrogen) atoms. The second-order valence-corrected chi connectivity index (χ2v) is 11.5. The Morgan fingerprint density at radius 2 is 1.83 bits per heavy atom. The van der Waals surface area contributed by atoms with Gasteiger partial charge in [-0.1, -0.05) is 23.4 Å². The summed E-state index contributed by atoms with van der Waals surface area (Å²) in [6.07, 6.45) is 2.48. The van der Waals surface area contributed by atoms with Gasteiger partial charge in [0.2, 0.25) is 10.0 Å². The maximum Gasteiger partial charge on any atom is 0.229 e. The van der Waals surface area contributed by atoms with Crippen molar-refractivity contribution >= 4 is 49.7 Å². The highest BCUT2D eigenvalue weighted by Gasteiger charge is 2.27. The van der Waals surface area contributed by atoms with Gasteiger partial charge < -0.3 is 10.2 Å². The summed E-state index contributed by atoms with van der Waals surface area (Å²) in [6, 6.07) is 7.61. The van der Waals surface area contributed by atoms with Crippen LogP contribution in [0.4, 0.5) is 21.6 Å². The molecule has 0 saturated carbocycles. The van der Waals surface area contributed by atoms with Crippen LogP contribution in [0, 0.1) is 17.7 Å². The molecule has 1 fully saturated rings. The molecule has 0 spiro atoms. The van der Waals surface area contributed by atoms with Crippen LogP contribution in [-0.4, -0.2) is 73.2 Å². The van der Waals surface area contributed by atoms with E-state index in [4.69, 9.17) is 11.6 Å². The summed E-state index contributed by atoms with van der Waals surface area (Å²) in [5.74, 6) is 6.40. The lowest BCUT2D eigenvalue weighted by atomic mass is 10.0. The molecule has 2 heterocycles. The molecular formula is C25H28ClFN6O2S. The van der Waals surface area contributed by atoms with Crippen LogP contribution in [0.3, 0.4) is 0 Å². The van der Waals surface area contributed by atoms with Gasteiger partial charge >= 0.3 is 0 Å². The Hall–Kier alpha value is -2.97. The van der Waals surface area contributed by atoms with Crippen molar-refractivity contribution in [2.45, 2.75) is 19.4 Å². The lowest BCUT2D eigenvalue weighted by Crippen LogP contribution is -2.53. The van der Waals surface area contributed by atoms with Crippen molar-refractivity contribution in [3.8, 4) is 11.8 Å². The first-order valence-corrected chi connectivity index (χ1v) is 13.6. The van der Waals surface area contributed by atoms with Gasteiger partial charge in [0, 0.05) is 37.3 Å². The second-order valence-electron chi connectivity index (χ2n) is 9.36. The van der Waals surface area contributed by atoms with E-state index in [0.29, 0.717) is 33.7 Å². The third-order valence-corrected chi connectivity index (χ3v) is 6.93. The molecule has 0 bridgehead atoms. The molecule has 1 saturated heterocycles. The minimum atomic E-state index is -3.58. The normalized spacial score (nSPS) is 15.4. The van der Waals surface area contributed by atoms with Gasteiger partial charge in [0.05, 0.1) is 33.6 Å². The van der Waals surface area contributed by atoms with Gasteiger partial charge in [-0.15, -0.1) is 0 Å². The van der Waals surface area contributed by atoms with E-state index in [1.807, 2.05) is 0 Å². The Morgan fingerprint density at radius 1 is 1.11 bits per heavy atom. The molecule has 8 nitrogen and oxygen atoms in total. The first-order chi connectivity index (χ1) is 16.9. The van der Waals surface area contributed by atoms with Gasteiger partial charge in [0.25, 0.3) is 0 Å². The summed E-state index contributed by atoms with van der Waals surface area (Å²) < 4.78 is 40.4. The minimum absolute atomic E-state index is 0.0293. The van der Waals surface area contributed by atoms with E-state index in [0.717, 1.165) is 32.4 Å². The molecule has 1 aromatic heterocycles. The summed E-state index contributed by atoms with van der Waals surface area (Å²) in [6.45, 7) is 7.87. The summed E-state index contributed by atoms with van der Waals surface area (Å²) in [5.41, 5.74) is 1.52. The Bertz CT molecular complexity index is 1460. The smallest absolute Gasteiger partial charge is 0.229 e. The third-order valence-electron chi connectivity index (χ3n) is 6.05. The Balaban J connectivity index is 1.75. The fraction of sp³-hybridized carbons (Fsp3) is 0.360. The molecule has 0 radical (unpaired) electrons. The van der Waals surface area contributed by atoms with Gasteiger partial charge in [-0.3, -0.25) is 9.62 Å². The van der Waals surface area contributed by atoms with Crippen LogP contribution >= 0.6 is 11.6 Å². The molecule has 0 aliphatic carbocycles. The molecule has 1 aliphatic rings. The first-order valence-electron chi connectivity index (χ1n) is 11.4. The zero-order valence-electron chi connectivity index (χ0n) is 20.6. The number of aromatic nitrogens is 2. The zero-order valence-corrected chi connectivity index (χ0v) is 22.1. The van der Waals surface area contributed by atoms with Crippen LogP contribution in [-0.2, 0) is 10.0 Å². The first kappa shape index (κ1) is 26.1. The number of piperazine rings is 1. The fourth-order valence-electron chi connectivity index (χ4n) is 3.97. The van der Waals surface area contributed by atoms with Crippen molar-refractivity contribution in [2.75, 3.05) is 49.5 Å². The number of benzene rings is 2. The second kappa shape index (κ2) is 10.2. The molecular weight excluding hydrogens is 503 g/mol. The number of hydrogen-bond acceptors (Lipinski definition) is 7. The molecule has 2 N–H and O–H groups in total. The Kier molecular flexibility index (Phi) is 7.38. The molecule has 0 atom stereocenters. The molecule has 0 unspecified atom stereocenters. The lowest BCUT2D eigenvalue weighted by Gasteiger charge is -2.40. The number of nitrogens with zero attached hydrogens (tertiary/aromatic N) is 4. The van der Waals surface area contributed by atoms with Crippen LogP contribution in [0.15, 0.2) is 36.7 Å². The topological polar surface area (TPSA) is 90.5 Å². The Labute approximate surface area is 215 Å². The van der Waals surface area contributed by atoms with Crippen molar-refractivity contribution in [2.24, 2.45) is 0 Å². The molecule has 2 aromatic carbocycles. The van der Waals surface area contributed by atoms with Crippen molar-refractivity contribution in [3.63, 3.8) is 0 Å². The highest BCUT2D eigenvalue weighted by Crippen LogP contribution is 2.30. The average molecular weight is 531 g/mol. The van der Waals surface area contributed by atoms with E-state index in [1.54, 1.807) is 12.1 Å². The van der Waals surface area contributed by atoms with Gasteiger partial charge in [0.1, 0.15) is 18.0 Å². The van der Waals surface area contributed by atoms with E-state index >= 15 is 0 Å². The third kappa shape index (κ3) is 6.23. The fourth-order valence-corrected chi connectivity index (χ4v) is 4.71. The highest BCUT2D eigenvalue weighted by atomic mass is 35.5. The van der Waals surface area contributed by atoms with Gasteiger partial charge in [-0.05, 0) is 51.2 Å². The Morgan fingerprint density at radius 3 is 2.50 bits per heavy atom. The lowest BCUT2D eigenvalue weighted by molar-refractivity contribution is 0.0946. The van der Waals surface area contributed by atoms with Gasteiger partial charge in [-0.25, -0.2) is 22.8 Å². The predicted molar refractivity (Wildman–Crippen MR) is 143 cm³/mol. The number of rotatable bonds is 5. The van der Waals surface area contributed by atoms with Gasteiger partial charge in [-0.2, -0.15) is 0 Å². The van der Waals surface area contributed by atoms with Crippen molar-refractivity contribution < 1.29 is 12.8 Å². The van der Waals surface area contributed by atoms with Crippen molar-refractivity contribution in [1.29, 1.82) is 0 Å². The van der Waals surface area contributed by atoms with E-state index in [2.05, 4.69) is 62.5 Å². The van der Waals surface area contributed by atoms with E-state index in [9.17, 15) is 12.8 Å². The average Bonchev–Trinajstić information content (AvgIpc) is 2.80. The SMILES string of the molecule is CN1CCN(C(C)(C)C#Cc2cc3ncnc(Nc4ccc(F)c(Cl)c4)c3cc2NS(C)(=O)=O)CC1. The van der Waals surface area contributed by atoms with Crippen LogP contribution in [0.5, 0.6) is 0 Å². The predicted octanol–water partition coefficient (Wildman–Crippen LogP) is 3.91. The van der Waals surface area contributed by atoms with Crippen LogP contribution in [0.1, 0.15) is 19.4 Å². The molecule has 190 valence electrons. The van der Waals surface area contributed by atoms with E-state index < -0.39 is 21.4 Å². The number of anilines is 3. The van der Waals surface area contributed by atoms with E-state index in [1.165, 1.54) is 24.5 Å². The summed E-state index contributed by atoms with van der Waals surface area (Å²) in [4.78, 5) is 13.3.